The molecule has 0 bridgehead atoms. The third-order valence-electron chi connectivity index (χ3n) is 3.12. The fourth-order valence-electron chi connectivity index (χ4n) is 1.92. The third-order valence-corrected chi connectivity index (χ3v) is 3.12. The average molecular weight is 266 g/mol. The molecule has 1 N–H and O–H groups in total. The molecule has 0 radical (unpaired) electrons. The molecule has 2 rings (SSSR count). The van der Waals surface area contributed by atoms with Crippen LogP contribution < -0.4 is 5.56 Å². The molecule has 1 saturated heterocycles. The zero-order valence-corrected chi connectivity index (χ0v) is 10.5. The van der Waals surface area contributed by atoms with Crippen LogP contribution in [0, 0.1) is 10.1 Å². The number of piperazine rings is 1. The molecule has 1 aliphatic heterocycles. The number of H-pyrrole nitrogens is 1. The van der Waals surface area contributed by atoms with Crippen molar-refractivity contribution < 1.29 is 9.72 Å². The van der Waals surface area contributed by atoms with Gasteiger partial charge >= 0.3 is 0 Å². The third kappa shape index (κ3) is 2.79. The zero-order chi connectivity index (χ0) is 14.0. The number of rotatable bonds is 2. The number of likely N-dealkylation sites (N-methyl/N-ethyl adjacent to an activating group) is 1. The Morgan fingerprint density at radius 2 is 2.00 bits per heavy atom. The lowest BCUT2D eigenvalue weighted by Crippen LogP contribution is -2.48. The minimum absolute atomic E-state index is 0.182. The Kier molecular flexibility index (Phi) is 3.61. The highest BCUT2D eigenvalue weighted by Gasteiger charge is 2.24. The molecular formula is C11H14N4O4. The van der Waals surface area contributed by atoms with Gasteiger partial charge in [-0.3, -0.25) is 19.7 Å². The number of amides is 1. The second-order valence-electron chi connectivity index (χ2n) is 4.45. The largest absolute Gasteiger partial charge is 0.336 e. The van der Waals surface area contributed by atoms with Crippen LogP contribution in [0.4, 0.5) is 5.69 Å². The number of carbonyl (C=O) groups excluding carboxylic acids is 1. The van der Waals surface area contributed by atoms with Gasteiger partial charge < -0.3 is 14.8 Å². The molecule has 8 heteroatoms. The van der Waals surface area contributed by atoms with Crippen LogP contribution in [0.3, 0.4) is 0 Å². The van der Waals surface area contributed by atoms with Crippen molar-refractivity contribution in [2.24, 2.45) is 0 Å². The number of nitrogens with zero attached hydrogens (tertiary/aromatic N) is 3. The number of nitrogens with one attached hydrogen (secondary N) is 1. The summed E-state index contributed by atoms with van der Waals surface area (Å²) in [5, 5.41) is 10.7. The molecule has 0 aliphatic carbocycles. The van der Waals surface area contributed by atoms with Crippen molar-refractivity contribution in [3.8, 4) is 0 Å². The number of nitro groups is 1. The zero-order valence-electron chi connectivity index (χ0n) is 10.5. The summed E-state index contributed by atoms with van der Waals surface area (Å²) in [5.41, 5.74) is -1.08. The molecule has 0 spiro atoms. The van der Waals surface area contributed by atoms with Gasteiger partial charge in [0.1, 0.15) is 5.56 Å². The number of aromatic nitrogens is 1. The van der Waals surface area contributed by atoms with Crippen LogP contribution in [-0.4, -0.2) is 58.8 Å². The van der Waals surface area contributed by atoms with Crippen molar-refractivity contribution in [3.05, 3.63) is 38.3 Å². The summed E-state index contributed by atoms with van der Waals surface area (Å²) in [4.78, 5) is 39.6. The van der Waals surface area contributed by atoms with Gasteiger partial charge in [0.05, 0.1) is 11.1 Å². The van der Waals surface area contributed by atoms with Crippen LogP contribution in [0.1, 0.15) is 10.4 Å². The molecule has 0 atom stereocenters. The van der Waals surface area contributed by atoms with Crippen molar-refractivity contribution in [2.75, 3.05) is 33.2 Å². The predicted octanol–water partition coefficient (Wildman–Crippen LogP) is -0.329. The molecule has 0 unspecified atom stereocenters. The first kappa shape index (κ1) is 13.2. The van der Waals surface area contributed by atoms with Gasteiger partial charge in [0.2, 0.25) is 0 Å². The monoisotopic (exact) mass is 266 g/mol. The van der Waals surface area contributed by atoms with E-state index in [4.69, 9.17) is 0 Å². The highest BCUT2D eigenvalue weighted by atomic mass is 16.6. The topological polar surface area (TPSA) is 99.5 Å². The summed E-state index contributed by atoms with van der Waals surface area (Å²) >= 11 is 0. The summed E-state index contributed by atoms with van der Waals surface area (Å²) < 4.78 is 0. The molecular weight excluding hydrogens is 252 g/mol. The number of aromatic amines is 1. The van der Waals surface area contributed by atoms with Gasteiger partial charge in [-0.2, -0.15) is 0 Å². The second-order valence-corrected chi connectivity index (χ2v) is 4.45. The van der Waals surface area contributed by atoms with Gasteiger partial charge in [-0.25, -0.2) is 0 Å². The fraction of sp³-hybridized carbons (Fsp3) is 0.455. The average Bonchev–Trinajstić information content (AvgIpc) is 2.39. The summed E-state index contributed by atoms with van der Waals surface area (Å²) in [5.74, 6) is -0.460. The normalized spacial score (nSPS) is 16.4. The van der Waals surface area contributed by atoms with Crippen molar-refractivity contribution in [3.63, 3.8) is 0 Å². The molecule has 0 aromatic carbocycles. The molecule has 0 saturated carbocycles. The highest BCUT2D eigenvalue weighted by Crippen LogP contribution is 2.11. The van der Waals surface area contributed by atoms with Gasteiger partial charge in [-0.15, -0.1) is 0 Å². The quantitative estimate of drug-likeness (QED) is 0.583. The summed E-state index contributed by atoms with van der Waals surface area (Å²) in [7, 11) is 1.95. The van der Waals surface area contributed by atoms with Gasteiger partial charge in [-0.05, 0) is 7.05 Å². The van der Waals surface area contributed by atoms with Gasteiger partial charge in [0.15, 0.2) is 0 Å². The van der Waals surface area contributed by atoms with E-state index in [9.17, 15) is 19.7 Å². The summed E-state index contributed by atoms with van der Waals surface area (Å²) in [6, 6.07) is 1.03. The number of hydrogen-bond acceptors (Lipinski definition) is 5. The maximum absolute atomic E-state index is 12.2. The Morgan fingerprint density at radius 3 is 2.58 bits per heavy atom. The lowest BCUT2D eigenvalue weighted by atomic mass is 10.2. The molecule has 19 heavy (non-hydrogen) atoms. The van der Waals surface area contributed by atoms with Gasteiger partial charge in [0, 0.05) is 32.2 Å². The van der Waals surface area contributed by atoms with Crippen molar-refractivity contribution in [1.82, 2.24) is 14.8 Å². The molecule has 1 amide bonds. The lowest BCUT2D eigenvalue weighted by Gasteiger charge is -2.32. The predicted molar refractivity (Wildman–Crippen MR) is 67.1 cm³/mol. The summed E-state index contributed by atoms with van der Waals surface area (Å²) in [6.45, 7) is 2.46. The Labute approximate surface area is 108 Å². The van der Waals surface area contributed by atoms with Crippen LogP contribution in [0.2, 0.25) is 0 Å². The number of carbonyl (C=O) groups is 1. The Balaban J connectivity index is 2.26. The van der Waals surface area contributed by atoms with Crippen LogP contribution in [-0.2, 0) is 0 Å². The minimum Gasteiger partial charge on any atom is -0.336 e. The van der Waals surface area contributed by atoms with Gasteiger partial charge in [0.25, 0.3) is 17.2 Å². The van der Waals surface area contributed by atoms with Crippen molar-refractivity contribution in [2.45, 2.75) is 0 Å². The van der Waals surface area contributed by atoms with E-state index >= 15 is 0 Å². The van der Waals surface area contributed by atoms with Crippen molar-refractivity contribution in [1.29, 1.82) is 0 Å². The Bertz CT molecular complexity index is 560. The molecule has 1 fully saturated rings. The molecule has 1 aromatic heterocycles. The molecule has 1 aliphatic rings. The fourth-order valence-corrected chi connectivity index (χ4v) is 1.92. The maximum atomic E-state index is 12.2. The van der Waals surface area contributed by atoms with Crippen LogP contribution in [0.15, 0.2) is 17.1 Å². The first-order valence-electron chi connectivity index (χ1n) is 5.84. The Morgan fingerprint density at radius 1 is 1.37 bits per heavy atom. The van der Waals surface area contributed by atoms with E-state index in [-0.39, 0.29) is 11.3 Å². The molecule has 1 aromatic rings. The van der Waals surface area contributed by atoms with Gasteiger partial charge in [-0.1, -0.05) is 0 Å². The second kappa shape index (κ2) is 5.19. The minimum atomic E-state index is -0.642. The standard InChI is InChI=1S/C11H14N4O4/c1-13-2-4-14(5-3-13)11(17)9-6-8(15(18)19)7-12-10(9)16/h6-7H,2-5H2,1H3,(H,12,16). The van der Waals surface area contributed by atoms with E-state index in [0.717, 1.165) is 25.4 Å². The van der Waals surface area contributed by atoms with E-state index in [1.165, 1.54) is 4.90 Å². The number of hydrogen-bond donors (Lipinski definition) is 1. The first-order chi connectivity index (χ1) is 8.99. The summed E-state index contributed by atoms with van der Waals surface area (Å²) in [6.07, 6.45) is 0.989. The maximum Gasteiger partial charge on any atom is 0.286 e. The van der Waals surface area contributed by atoms with E-state index in [0.29, 0.717) is 13.1 Å². The van der Waals surface area contributed by atoms with Crippen LogP contribution in [0.5, 0.6) is 0 Å². The van der Waals surface area contributed by atoms with E-state index in [2.05, 4.69) is 9.88 Å². The van der Waals surface area contributed by atoms with E-state index in [1.54, 1.807) is 0 Å². The highest BCUT2D eigenvalue weighted by molar-refractivity contribution is 5.94. The smallest absolute Gasteiger partial charge is 0.286 e. The number of pyridine rings is 1. The Hall–Kier alpha value is -2.22. The first-order valence-corrected chi connectivity index (χ1v) is 5.84. The molecule has 8 nitrogen and oxygen atoms in total. The van der Waals surface area contributed by atoms with E-state index in [1.807, 2.05) is 7.05 Å². The molecule has 102 valence electrons. The lowest BCUT2D eigenvalue weighted by molar-refractivity contribution is -0.385. The van der Waals surface area contributed by atoms with E-state index < -0.39 is 16.4 Å². The van der Waals surface area contributed by atoms with Crippen LogP contribution in [0.25, 0.3) is 0 Å². The SMILES string of the molecule is CN1CCN(C(=O)c2cc([N+](=O)[O-])c[nH]c2=O)CC1. The van der Waals surface area contributed by atoms with Crippen molar-refractivity contribution >= 4 is 11.6 Å². The molecule has 2 heterocycles. The van der Waals surface area contributed by atoms with Crippen LogP contribution >= 0.6 is 0 Å².